The van der Waals surface area contributed by atoms with Crippen LogP contribution in [0.4, 0.5) is 0 Å². The number of rotatable bonds is 6. The molecule has 1 aliphatic carbocycles. The van der Waals surface area contributed by atoms with Crippen LogP contribution < -0.4 is 5.32 Å². The van der Waals surface area contributed by atoms with E-state index in [1.165, 1.54) is 32.8 Å². The molecule has 1 aliphatic rings. The molecule has 1 fully saturated rings. The van der Waals surface area contributed by atoms with Crippen molar-refractivity contribution in [2.75, 3.05) is 13.7 Å². The number of methoxy groups -OCH3 is 1. The van der Waals surface area contributed by atoms with E-state index in [-0.39, 0.29) is 11.5 Å². The van der Waals surface area contributed by atoms with Crippen molar-refractivity contribution in [3.63, 3.8) is 0 Å². The summed E-state index contributed by atoms with van der Waals surface area (Å²) in [6, 6.07) is 0. The smallest absolute Gasteiger partial charge is 0.307 e. The number of carbonyl (C=O) groups is 1. The average molecular weight is 241 g/mol. The molecule has 3 nitrogen and oxygen atoms in total. The highest BCUT2D eigenvalue weighted by molar-refractivity contribution is 5.70. The van der Waals surface area contributed by atoms with Gasteiger partial charge in [0.2, 0.25) is 0 Å². The van der Waals surface area contributed by atoms with Crippen LogP contribution in [0.15, 0.2) is 0 Å². The van der Waals surface area contributed by atoms with E-state index < -0.39 is 0 Å². The van der Waals surface area contributed by atoms with Crippen LogP contribution in [0.25, 0.3) is 0 Å². The van der Waals surface area contributed by atoms with Crippen LogP contribution in [0, 0.1) is 5.92 Å². The quantitative estimate of drug-likeness (QED) is 0.727. The fourth-order valence-electron chi connectivity index (χ4n) is 3.07. The van der Waals surface area contributed by atoms with Gasteiger partial charge in [-0.05, 0) is 38.1 Å². The first kappa shape index (κ1) is 14.5. The molecule has 1 rings (SSSR count). The predicted molar refractivity (Wildman–Crippen MR) is 69.9 cm³/mol. The Balaban J connectivity index is 2.53. The van der Waals surface area contributed by atoms with Crippen molar-refractivity contribution >= 4 is 5.97 Å². The maximum atomic E-state index is 11.5. The van der Waals surface area contributed by atoms with Gasteiger partial charge in [0.25, 0.3) is 0 Å². The third kappa shape index (κ3) is 4.30. The number of hydrogen-bond donors (Lipinski definition) is 1. The zero-order chi connectivity index (χ0) is 12.7. The van der Waals surface area contributed by atoms with Crippen molar-refractivity contribution in [1.29, 1.82) is 0 Å². The topological polar surface area (TPSA) is 38.3 Å². The second-order valence-corrected chi connectivity index (χ2v) is 5.30. The lowest BCUT2D eigenvalue weighted by molar-refractivity contribution is -0.142. The van der Waals surface area contributed by atoms with Gasteiger partial charge in [0, 0.05) is 5.54 Å². The number of carbonyl (C=O) groups excluding carboxylic acids is 1. The molecule has 3 heteroatoms. The second kappa shape index (κ2) is 7.00. The molecule has 1 N–H and O–H groups in total. The Bertz CT molecular complexity index is 232. The number of esters is 1. The number of ether oxygens (including phenoxy) is 1. The van der Waals surface area contributed by atoms with E-state index in [9.17, 15) is 4.79 Å². The summed E-state index contributed by atoms with van der Waals surface area (Å²) in [6.45, 7) is 5.28. The zero-order valence-electron chi connectivity index (χ0n) is 11.6. The minimum absolute atomic E-state index is 0.00604. The van der Waals surface area contributed by atoms with Gasteiger partial charge in [-0.25, -0.2) is 0 Å². The summed E-state index contributed by atoms with van der Waals surface area (Å²) < 4.78 is 4.82. The molecule has 17 heavy (non-hydrogen) atoms. The normalized spacial score (nSPS) is 29.0. The summed E-state index contributed by atoms with van der Waals surface area (Å²) in [5, 5.41) is 3.53. The summed E-state index contributed by atoms with van der Waals surface area (Å²) in [5.41, 5.74) is 0.00604. The monoisotopic (exact) mass is 241 g/mol. The zero-order valence-corrected chi connectivity index (χ0v) is 11.6. The van der Waals surface area contributed by atoms with Crippen molar-refractivity contribution in [1.82, 2.24) is 5.32 Å². The molecule has 0 aliphatic heterocycles. The van der Waals surface area contributed by atoms with Crippen LogP contribution in [0.5, 0.6) is 0 Å². The van der Waals surface area contributed by atoms with Crippen molar-refractivity contribution in [2.24, 2.45) is 5.92 Å². The van der Waals surface area contributed by atoms with Gasteiger partial charge in [-0.1, -0.05) is 26.7 Å². The van der Waals surface area contributed by atoms with Crippen LogP contribution in [-0.2, 0) is 9.53 Å². The molecule has 0 heterocycles. The Morgan fingerprint density at radius 1 is 1.35 bits per heavy atom. The molecule has 0 unspecified atom stereocenters. The van der Waals surface area contributed by atoms with Crippen molar-refractivity contribution in [3.05, 3.63) is 0 Å². The molecule has 0 bridgehead atoms. The molecule has 0 amide bonds. The lowest BCUT2D eigenvalue weighted by atomic mass is 9.73. The lowest BCUT2D eigenvalue weighted by Crippen LogP contribution is -2.49. The third-order valence-electron chi connectivity index (χ3n) is 4.02. The minimum atomic E-state index is -0.0834. The summed E-state index contributed by atoms with van der Waals surface area (Å²) in [5.74, 6) is 0.782. The van der Waals surface area contributed by atoms with Crippen molar-refractivity contribution in [3.8, 4) is 0 Å². The molecule has 0 spiro atoms. The van der Waals surface area contributed by atoms with Crippen molar-refractivity contribution < 1.29 is 9.53 Å². The summed E-state index contributed by atoms with van der Waals surface area (Å²) >= 11 is 0. The van der Waals surface area contributed by atoms with Gasteiger partial charge >= 0.3 is 5.97 Å². The molecule has 0 radical (unpaired) electrons. The van der Waals surface area contributed by atoms with Gasteiger partial charge in [0.05, 0.1) is 13.5 Å². The fourth-order valence-corrected chi connectivity index (χ4v) is 3.07. The predicted octanol–water partition coefficient (Wildman–Crippen LogP) is 2.89. The fraction of sp³-hybridized carbons (Fsp3) is 0.929. The third-order valence-corrected chi connectivity index (χ3v) is 4.02. The van der Waals surface area contributed by atoms with E-state index in [1.54, 1.807) is 0 Å². The van der Waals surface area contributed by atoms with E-state index in [4.69, 9.17) is 4.74 Å². The lowest BCUT2D eigenvalue weighted by Gasteiger charge is -2.40. The molecule has 0 aromatic rings. The Morgan fingerprint density at radius 3 is 2.47 bits per heavy atom. The molecule has 1 saturated carbocycles. The molecular weight excluding hydrogens is 214 g/mol. The highest BCUT2D eigenvalue weighted by atomic mass is 16.5. The van der Waals surface area contributed by atoms with E-state index >= 15 is 0 Å². The Kier molecular flexibility index (Phi) is 5.96. The minimum Gasteiger partial charge on any atom is -0.469 e. The highest BCUT2D eigenvalue weighted by Crippen LogP contribution is 2.36. The van der Waals surface area contributed by atoms with Crippen molar-refractivity contribution in [2.45, 2.75) is 64.3 Å². The van der Waals surface area contributed by atoms with Crippen LogP contribution in [0.3, 0.4) is 0 Å². The van der Waals surface area contributed by atoms with Gasteiger partial charge < -0.3 is 10.1 Å². The van der Waals surface area contributed by atoms with Gasteiger partial charge in [0.15, 0.2) is 0 Å². The summed E-state index contributed by atoms with van der Waals surface area (Å²) in [4.78, 5) is 11.5. The van der Waals surface area contributed by atoms with Crippen LogP contribution in [0.1, 0.15) is 58.8 Å². The van der Waals surface area contributed by atoms with Gasteiger partial charge in [-0.2, -0.15) is 0 Å². The summed E-state index contributed by atoms with van der Waals surface area (Å²) in [6.07, 6.45) is 7.85. The van der Waals surface area contributed by atoms with E-state index in [1.807, 2.05) is 0 Å². The van der Waals surface area contributed by atoms with E-state index in [2.05, 4.69) is 19.2 Å². The first-order valence-corrected chi connectivity index (χ1v) is 6.97. The highest BCUT2D eigenvalue weighted by Gasteiger charge is 2.36. The Labute approximate surface area is 105 Å². The molecule has 0 atom stereocenters. The summed E-state index contributed by atoms with van der Waals surface area (Å²) in [7, 11) is 1.48. The average Bonchev–Trinajstić information content (AvgIpc) is 2.33. The van der Waals surface area contributed by atoms with Gasteiger partial charge in [-0.3, -0.25) is 4.79 Å². The maximum Gasteiger partial charge on any atom is 0.307 e. The molecular formula is C14H27NO2. The molecule has 0 saturated heterocycles. The maximum absolute atomic E-state index is 11.5. The van der Waals surface area contributed by atoms with E-state index in [0.717, 1.165) is 25.3 Å². The van der Waals surface area contributed by atoms with E-state index in [0.29, 0.717) is 6.42 Å². The first-order chi connectivity index (χ1) is 8.15. The second-order valence-electron chi connectivity index (χ2n) is 5.30. The Hall–Kier alpha value is -0.570. The number of nitrogens with one attached hydrogen (secondary N) is 1. The Morgan fingerprint density at radius 2 is 2.00 bits per heavy atom. The molecule has 100 valence electrons. The first-order valence-electron chi connectivity index (χ1n) is 6.97. The molecule has 0 aromatic heterocycles. The van der Waals surface area contributed by atoms with Crippen LogP contribution >= 0.6 is 0 Å². The number of hydrogen-bond acceptors (Lipinski definition) is 3. The SMILES string of the molecule is CCCC1CCC(CC(=O)OC)(NCC)CC1. The standard InChI is InChI=1S/C14H27NO2/c1-4-6-12-7-9-14(10-8-12,15-5-2)11-13(16)17-3/h12,15H,4-11H2,1-3H3. The van der Waals surface area contributed by atoms with Crippen LogP contribution in [-0.4, -0.2) is 25.2 Å². The van der Waals surface area contributed by atoms with Crippen LogP contribution in [0.2, 0.25) is 0 Å². The van der Waals surface area contributed by atoms with Gasteiger partial charge in [0.1, 0.15) is 0 Å². The van der Waals surface area contributed by atoms with Gasteiger partial charge in [-0.15, -0.1) is 0 Å². The molecule has 0 aromatic carbocycles. The largest absolute Gasteiger partial charge is 0.469 e.